The van der Waals surface area contributed by atoms with E-state index in [0.29, 0.717) is 6.04 Å². The van der Waals surface area contributed by atoms with Crippen LogP contribution in [0.5, 0.6) is 0 Å². The number of hydrogen-bond acceptors (Lipinski definition) is 2. The van der Waals surface area contributed by atoms with Crippen LogP contribution in [0, 0.1) is 5.82 Å². The van der Waals surface area contributed by atoms with Crippen LogP contribution in [0.25, 0.3) is 0 Å². The lowest BCUT2D eigenvalue weighted by Crippen LogP contribution is -2.30. The first-order valence-corrected chi connectivity index (χ1v) is 6.25. The molecule has 3 heteroatoms. The molecule has 1 aromatic rings. The van der Waals surface area contributed by atoms with Gasteiger partial charge in [0.25, 0.3) is 0 Å². The minimum absolute atomic E-state index is 0.156. The molecule has 0 heterocycles. The van der Waals surface area contributed by atoms with Crippen molar-refractivity contribution in [2.75, 3.05) is 11.9 Å². The van der Waals surface area contributed by atoms with Gasteiger partial charge in [-0.2, -0.15) is 0 Å². The molecule has 0 saturated heterocycles. The quantitative estimate of drug-likeness (QED) is 0.851. The molecule has 0 aliphatic carbocycles. The average Bonchev–Trinajstić information content (AvgIpc) is 2.28. The normalized spacial score (nSPS) is 14.5. The van der Waals surface area contributed by atoms with Crippen molar-refractivity contribution in [1.29, 1.82) is 0 Å². The Morgan fingerprint density at radius 3 is 2.53 bits per heavy atom. The van der Waals surface area contributed by atoms with Gasteiger partial charge < -0.3 is 10.6 Å². The largest absolute Gasteiger partial charge is 0.372 e. The van der Waals surface area contributed by atoms with Crippen molar-refractivity contribution in [3.63, 3.8) is 0 Å². The number of anilines is 1. The van der Waals surface area contributed by atoms with Gasteiger partial charge in [-0.05, 0) is 44.0 Å². The molecule has 2 nitrogen and oxygen atoms in total. The highest BCUT2D eigenvalue weighted by atomic mass is 19.1. The monoisotopic (exact) mass is 238 g/mol. The third-order valence-electron chi connectivity index (χ3n) is 3.23. The molecule has 0 aliphatic heterocycles. The fourth-order valence-electron chi connectivity index (χ4n) is 2.06. The van der Waals surface area contributed by atoms with Gasteiger partial charge in [-0.1, -0.05) is 13.3 Å². The molecule has 0 spiro atoms. The summed E-state index contributed by atoms with van der Waals surface area (Å²) in [6.45, 7) is 6.23. The average molecular weight is 238 g/mol. The molecular weight excluding hydrogens is 215 g/mol. The first-order chi connectivity index (χ1) is 7.97. The number of halogens is 1. The van der Waals surface area contributed by atoms with Crippen molar-refractivity contribution in [2.24, 2.45) is 5.73 Å². The lowest BCUT2D eigenvalue weighted by molar-refractivity contribution is 0.603. The summed E-state index contributed by atoms with van der Waals surface area (Å²) in [5.74, 6) is -0.224. The van der Waals surface area contributed by atoms with Crippen LogP contribution in [0.1, 0.15) is 45.2 Å². The maximum absolute atomic E-state index is 13.2. The Hall–Kier alpha value is -1.09. The zero-order chi connectivity index (χ0) is 13.0. The Labute approximate surface area is 104 Å². The Morgan fingerprint density at radius 2 is 2.00 bits per heavy atom. The van der Waals surface area contributed by atoms with Gasteiger partial charge in [0.2, 0.25) is 0 Å². The Bertz CT molecular complexity index is 363. The number of hydrogen-bond donors (Lipinski definition) is 1. The van der Waals surface area contributed by atoms with Gasteiger partial charge in [-0.15, -0.1) is 0 Å². The molecule has 2 N–H and O–H groups in total. The summed E-state index contributed by atoms with van der Waals surface area (Å²) in [4.78, 5) is 2.18. The van der Waals surface area contributed by atoms with Crippen molar-refractivity contribution in [1.82, 2.24) is 0 Å². The lowest BCUT2D eigenvalue weighted by atomic mass is 10.0. The number of rotatable bonds is 5. The van der Waals surface area contributed by atoms with E-state index in [1.54, 1.807) is 0 Å². The fraction of sp³-hybridized carbons (Fsp3) is 0.571. The van der Waals surface area contributed by atoms with Crippen LogP contribution in [0.3, 0.4) is 0 Å². The SMILES string of the molecule is CCCC(C)N(C)c1ccc(F)cc1[C@@H](C)N. The van der Waals surface area contributed by atoms with Crippen LogP contribution in [0.4, 0.5) is 10.1 Å². The van der Waals surface area contributed by atoms with Crippen LogP contribution in [0.15, 0.2) is 18.2 Å². The van der Waals surface area contributed by atoms with Crippen LogP contribution >= 0.6 is 0 Å². The van der Waals surface area contributed by atoms with Gasteiger partial charge in [0, 0.05) is 24.8 Å². The Balaban J connectivity index is 3.03. The van der Waals surface area contributed by atoms with Crippen LogP contribution in [-0.2, 0) is 0 Å². The predicted octanol–water partition coefficient (Wildman–Crippen LogP) is 3.47. The second kappa shape index (κ2) is 6.01. The minimum Gasteiger partial charge on any atom is -0.372 e. The summed E-state index contributed by atoms with van der Waals surface area (Å²) in [5.41, 5.74) is 7.80. The van der Waals surface area contributed by atoms with Crippen LogP contribution in [0.2, 0.25) is 0 Å². The standard InChI is InChI=1S/C14H23FN2/c1-5-6-10(2)17(4)14-8-7-12(15)9-13(14)11(3)16/h7-11H,5-6,16H2,1-4H3/t10?,11-/m1/s1. The van der Waals surface area contributed by atoms with Gasteiger partial charge in [0.15, 0.2) is 0 Å². The van der Waals surface area contributed by atoms with Gasteiger partial charge in [-0.25, -0.2) is 4.39 Å². The van der Waals surface area contributed by atoms with Crippen molar-refractivity contribution in [3.8, 4) is 0 Å². The van der Waals surface area contributed by atoms with Gasteiger partial charge >= 0.3 is 0 Å². The predicted molar refractivity (Wildman–Crippen MR) is 71.8 cm³/mol. The lowest BCUT2D eigenvalue weighted by Gasteiger charge is -2.29. The summed E-state index contributed by atoms with van der Waals surface area (Å²) in [6.07, 6.45) is 2.26. The summed E-state index contributed by atoms with van der Waals surface area (Å²) in [6, 6.07) is 5.13. The highest BCUT2D eigenvalue weighted by Gasteiger charge is 2.15. The van der Waals surface area contributed by atoms with E-state index in [0.717, 1.165) is 24.1 Å². The zero-order valence-corrected chi connectivity index (χ0v) is 11.2. The third-order valence-corrected chi connectivity index (χ3v) is 3.23. The molecule has 0 aliphatic rings. The Kier molecular flexibility index (Phi) is 4.94. The smallest absolute Gasteiger partial charge is 0.123 e. The number of nitrogens with two attached hydrogens (primary N) is 1. The third kappa shape index (κ3) is 3.43. The molecule has 0 bridgehead atoms. The first-order valence-electron chi connectivity index (χ1n) is 6.25. The maximum atomic E-state index is 13.2. The van der Waals surface area contributed by atoms with Gasteiger partial charge in [-0.3, -0.25) is 0 Å². The first kappa shape index (κ1) is 14.0. The number of nitrogens with zero attached hydrogens (tertiary/aromatic N) is 1. The second-order valence-corrected chi connectivity index (χ2v) is 4.74. The highest BCUT2D eigenvalue weighted by Crippen LogP contribution is 2.27. The number of benzene rings is 1. The maximum Gasteiger partial charge on any atom is 0.123 e. The van der Waals surface area contributed by atoms with E-state index in [-0.39, 0.29) is 11.9 Å². The molecule has 0 amide bonds. The summed E-state index contributed by atoms with van der Waals surface area (Å²) in [5, 5.41) is 0. The van der Waals surface area contributed by atoms with E-state index in [9.17, 15) is 4.39 Å². The van der Waals surface area contributed by atoms with Crippen molar-refractivity contribution < 1.29 is 4.39 Å². The molecule has 1 unspecified atom stereocenters. The van der Waals surface area contributed by atoms with E-state index >= 15 is 0 Å². The molecule has 2 atom stereocenters. The Morgan fingerprint density at radius 1 is 1.35 bits per heavy atom. The van der Waals surface area contributed by atoms with Crippen molar-refractivity contribution >= 4 is 5.69 Å². The zero-order valence-electron chi connectivity index (χ0n) is 11.2. The molecule has 1 aromatic carbocycles. The van der Waals surface area contributed by atoms with Crippen molar-refractivity contribution in [2.45, 2.75) is 45.7 Å². The highest BCUT2D eigenvalue weighted by molar-refractivity contribution is 5.55. The van der Waals surface area contributed by atoms with Gasteiger partial charge in [0.05, 0.1) is 0 Å². The van der Waals surface area contributed by atoms with Gasteiger partial charge in [0.1, 0.15) is 5.82 Å². The molecule has 96 valence electrons. The summed E-state index contributed by atoms with van der Waals surface area (Å²) in [7, 11) is 2.04. The molecule has 0 radical (unpaired) electrons. The van der Waals surface area contributed by atoms with E-state index < -0.39 is 0 Å². The molecule has 1 rings (SSSR count). The molecule has 0 aromatic heterocycles. The van der Waals surface area contributed by atoms with E-state index in [2.05, 4.69) is 18.7 Å². The topological polar surface area (TPSA) is 29.3 Å². The molecule has 0 fully saturated rings. The van der Waals surface area contributed by atoms with Crippen LogP contribution < -0.4 is 10.6 Å². The van der Waals surface area contributed by atoms with E-state index in [1.165, 1.54) is 12.1 Å². The van der Waals surface area contributed by atoms with Crippen LogP contribution in [-0.4, -0.2) is 13.1 Å². The van der Waals surface area contributed by atoms with E-state index in [1.807, 2.05) is 20.0 Å². The summed E-state index contributed by atoms with van der Waals surface area (Å²) >= 11 is 0. The minimum atomic E-state index is -0.224. The van der Waals surface area contributed by atoms with Crippen molar-refractivity contribution in [3.05, 3.63) is 29.6 Å². The molecule has 17 heavy (non-hydrogen) atoms. The summed E-state index contributed by atoms with van der Waals surface area (Å²) < 4.78 is 13.2. The van der Waals surface area contributed by atoms with E-state index in [4.69, 9.17) is 5.73 Å². The second-order valence-electron chi connectivity index (χ2n) is 4.74. The molecule has 0 saturated carbocycles. The fourth-order valence-corrected chi connectivity index (χ4v) is 2.06. The molecular formula is C14H23FN2.